The zero-order valence-corrected chi connectivity index (χ0v) is 19.7. The van der Waals surface area contributed by atoms with Gasteiger partial charge in [-0.1, -0.05) is 18.2 Å². The highest BCUT2D eigenvalue weighted by Gasteiger charge is 2.58. The highest BCUT2D eigenvalue weighted by atomic mass is 16.2. The number of fused-ring (bicyclic) bond motifs is 1. The largest absolute Gasteiger partial charge is 0.343 e. The third-order valence-corrected chi connectivity index (χ3v) is 7.50. The molecule has 1 aliphatic heterocycles. The van der Waals surface area contributed by atoms with E-state index < -0.39 is 0 Å². The minimum atomic E-state index is 0.0653. The summed E-state index contributed by atoms with van der Waals surface area (Å²) >= 11 is 0. The molecule has 3 aromatic rings. The van der Waals surface area contributed by atoms with Crippen molar-refractivity contribution >= 4 is 28.5 Å². The molecule has 2 fully saturated rings. The lowest BCUT2D eigenvalue weighted by Gasteiger charge is -2.33. The topological polar surface area (TPSA) is 67.2 Å². The van der Waals surface area contributed by atoms with Gasteiger partial charge in [0.2, 0.25) is 11.8 Å². The molecule has 1 saturated carbocycles. The van der Waals surface area contributed by atoms with E-state index in [1.165, 1.54) is 0 Å². The lowest BCUT2D eigenvalue weighted by Crippen LogP contribution is -2.40. The van der Waals surface area contributed by atoms with Gasteiger partial charge in [0.15, 0.2) is 0 Å². The lowest BCUT2D eigenvalue weighted by molar-refractivity contribution is -0.133. The average Bonchev–Trinajstić information content (AvgIpc) is 3.37. The molecule has 1 saturated heterocycles. The summed E-state index contributed by atoms with van der Waals surface area (Å²) in [5, 5.41) is 3.12. The minimum Gasteiger partial charge on any atom is -0.343 e. The lowest BCUT2D eigenvalue weighted by atomic mass is 9.90. The number of nitrogens with zero attached hydrogens (tertiary/aromatic N) is 3. The Morgan fingerprint density at radius 1 is 1.06 bits per heavy atom. The minimum absolute atomic E-state index is 0.0653. The second kappa shape index (κ2) is 8.32. The summed E-state index contributed by atoms with van der Waals surface area (Å²) in [5.74, 6) is 1.33. The van der Waals surface area contributed by atoms with Crippen LogP contribution in [0, 0.1) is 32.1 Å². The Morgan fingerprint density at radius 2 is 1.76 bits per heavy atom. The van der Waals surface area contributed by atoms with Crippen LogP contribution in [0.15, 0.2) is 42.5 Å². The van der Waals surface area contributed by atoms with Gasteiger partial charge in [0.05, 0.1) is 11.0 Å². The van der Waals surface area contributed by atoms with Crippen LogP contribution in [0.5, 0.6) is 0 Å². The summed E-state index contributed by atoms with van der Waals surface area (Å²) in [4.78, 5) is 32.3. The molecule has 172 valence electrons. The van der Waals surface area contributed by atoms with Crippen molar-refractivity contribution in [2.24, 2.45) is 11.3 Å². The molecule has 6 nitrogen and oxygen atoms in total. The molecule has 1 aromatic heterocycles. The molecule has 2 aliphatic rings. The molecule has 1 aliphatic carbocycles. The van der Waals surface area contributed by atoms with E-state index in [9.17, 15) is 9.59 Å². The van der Waals surface area contributed by atoms with Crippen LogP contribution in [0.4, 0.5) is 5.69 Å². The summed E-state index contributed by atoms with van der Waals surface area (Å²) < 4.78 is 2.13. The summed E-state index contributed by atoms with van der Waals surface area (Å²) in [7, 11) is 0. The Kier molecular flexibility index (Phi) is 5.47. The Bertz CT molecular complexity index is 1200. The highest BCUT2D eigenvalue weighted by Crippen LogP contribution is 2.59. The van der Waals surface area contributed by atoms with Crippen LogP contribution in [0.25, 0.3) is 11.0 Å². The standard InChI is InChI=1S/C27H32N4O2/c1-18-14-19(2)16-21(15-18)29-26(33)22-17-27(22)9-12-30(13-10-27)25(32)8-11-31-20(3)28-23-6-4-5-7-24(23)31/h4-7,14-16,22H,8-13,17H2,1-3H3,(H,29,33). The van der Waals surface area contributed by atoms with Gasteiger partial charge in [-0.2, -0.15) is 0 Å². The number of imidazole rings is 1. The van der Waals surface area contributed by atoms with Crippen molar-refractivity contribution < 1.29 is 9.59 Å². The van der Waals surface area contributed by atoms with E-state index in [4.69, 9.17) is 0 Å². The van der Waals surface area contributed by atoms with Crippen LogP contribution in [-0.2, 0) is 16.1 Å². The molecule has 6 heteroatoms. The normalized spacial score (nSPS) is 19.1. The number of likely N-dealkylation sites (tertiary alicyclic amines) is 1. The van der Waals surface area contributed by atoms with Crippen LogP contribution < -0.4 is 5.32 Å². The SMILES string of the molecule is Cc1cc(C)cc(NC(=O)C2CC23CCN(C(=O)CCn2c(C)nc4ccccc42)CC3)c1. The Balaban J connectivity index is 1.14. The first-order chi connectivity index (χ1) is 15.8. The van der Waals surface area contributed by atoms with Crippen molar-refractivity contribution in [3.05, 3.63) is 59.4 Å². The molecule has 33 heavy (non-hydrogen) atoms. The smallest absolute Gasteiger partial charge is 0.228 e. The number of hydrogen-bond acceptors (Lipinski definition) is 3. The second-order valence-electron chi connectivity index (χ2n) is 9.91. The fourth-order valence-corrected chi connectivity index (χ4v) is 5.59. The predicted molar refractivity (Wildman–Crippen MR) is 130 cm³/mol. The number of amides is 2. The fourth-order valence-electron chi connectivity index (χ4n) is 5.59. The molecule has 2 amide bonds. The molecule has 2 heterocycles. The Labute approximate surface area is 195 Å². The van der Waals surface area contributed by atoms with Crippen molar-refractivity contribution in [2.75, 3.05) is 18.4 Å². The van der Waals surface area contributed by atoms with Crippen molar-refractivity contribution in [3.8, 4) is 0 Å². The number of hydrogen-bond donors (Lipinski definition) is 1. The highest BCUT2D eigenvalue weighted by molar-refractivity contribution is 5.95. The molecule has 1 atom stereocenters. The van der Waals surface area contributed by atoms with Gasteiger partial charge >= 0.3 is 0 Å². The molecule has 5 rings (SSSR count). The first kappa shape index (κ1) is 21.7. The second-order valence-corrected chi connectivity index (χ2v) is 9.91. The zero-order valence-electron chi connectivity index (χ0n) is 19.7. The van der Waals surface area contributed by atoms with Gasteiger partial charge in [-0.15, -0.1) is 0 Å². The van der Waals surface area contributed by atoms with E-state index >= 15 is 0 Å². The van der Waals surface area contributed by atoms with E-state index in [-0.39, 0.29) is 23.1 Å². The number of benzene rings is 2. The quantitative estimate of drug-likeness (QED) is 0.624. The molecular weight excluding hydrogens is 412 g/mol. The average molecular weight is 445 g/mol. The van der Waals surface area contributed by atoms with Gasteiger partial charge in [0.25, 0.3) is 0 Å². The number of para-hydroxylation sites is 2. The number of rotatable bonds is 5. The number of nitrogens with one attached hydrogen (secondary N) is 1. The maximum Gasteiger partial charge on any atom is 0.228 e. The monoisotopic (exact) mass is 444 g/mol. The van der Waals surface area contributed by atoms with Crippen LogP contribution in [0.1, 0.15) is 42.6 Å². The third kappa shape index (κ3) is 4.26. The molecule has 1 unspecified atom stereocenters. The number of carbonyl (C=O) groups excluding carboxylic acids is 2. The molecule has 1 spiro atoms. The molecular formula is C27H32N4O2. The number of carbonyl (C=O) groups is 2. The van der Waals surface area contributed by atoms with Gasteiger partial charge in [-0.25, -0.2) is 4.98 Å². The maximum atomic E-state index is 12.9. The van der Waals surface area contributed by atoms with Gasteiger partial charge in [0.1, 0.15) is 5.82 Å². The first-order valence-electron chi connectivity index (χ1n) is 11.9. The van der Waals surface area contributed by atoms with Crippen LogP contribution in [0.2, 0.25) is 0 Å². The van der Waals surface area contributed by atoms with Crippen LogP contribution in [0.3, 0.4) is 0 Å². The van der Waals surface area contributed by atoms with Crippen molar-refractivity contribution in [1.29, 1.82) is 0 Å². The number of anilines is 1. The zero-order chi connectivity index (χ0) is 23.2. The molecule has 2 aromatic carbocycles. The summed E-state index contributed by atoms with van der Waals surface area (Å²) in [6.07, 6.45) is 3.24. The van der Waals surface area contributed by atoms with Crippen LogP contribution >= 0.6 is 0 Å². The number of aromatic nitrogens is 2. The van der Waals surface area contributed by atoms with E-state index in [0.29, 0.717) is 13.0 Å². The molecule has 0 radical (unpaired) electrons. The van der Waals surface area contributed by atoms with Gasteiger partial charge < -0.3 is 14.8 Å². The Morgan fingerprint density at radius 3 is 2.48 bits per heavy atom. The summed E-state index contributed by atoms with van der Waals surface area (Å²) in [6.45, 7) is 8.22. The molecule has 0 bridgehead atoms. The van der Waals surface area contributed by atoms with Gasteiger partial charge in [-0.3, -0.25) is 9.59 Å². The number of aryl methyl sites for hydroxylation is 4. The van der Waals surface area contributed by atoms with E-state index in [1.54, 1.807) is 0 Å². The third-order valence-electron chi connectivity index (χ3n) is 7.50. The van der Waals surface area contributed by atoms with E-state index in [2.05, 4.69) is 27.0 Å². The van der Waals surface area contributed by atoms with Crippen LogP contribution in [-0.4, -0.2) is 39.4 Å². The predicted octanol–water partition coefficient (Wildman–Crippen LogP) is 4.62. The van der Waals surface area contributed by atoms with E-state index in [0.717, 1.165) is 66.0 Å². The first-order valence-corrected chi connectivity index (χ1v) is 11.9. The van der Waals surface area contributed by atoms with Gasteiger partial charge in [-0.05, 0) is 80.8 Å². The Hall–Kier alpha value is -3.15. The van der Waals surface area contributed by atoms with Gasteiger partial charge in [0, 0.05) is 37.7 Å². The number of piperidine rings is 1. The maximum absolute atomic E-state index is 12.9. The van der Waals surface area contributed by atoms with Crippen molar-refractivity contribution in [3.63, 3.8) is 0 Å². The summed E-state index contributed by atoms with van der Waals surface area (Å²) in [6, 6.07) is 14.2. The summed E-state index contributed by atoms with van der Waals surface area (Å²) in [5.41, 5.74) is 5.33. The van der Waals surface area contributed by atoms with Crippen molar-refractivity contribution in [1.82, 2.24) is 14.5 Å². The van der Waals surface area contributed by atoms with E-state index in [1.807, 2.05) is 56.0 Å². The molecule has 1 N–H and O–H groups in total. The fraction of sp³-hybridized carbons (Fsp3) is 0.444. The van der Waals surface area contributed by atoms with Crippen molar-refractivity contribution in [2.45, 2.75) is 53.0 Å².